The van der Waals surface area contributed by atoms with Crippen LogP contribution in [0.5, 0.6) is 0 Å². The smallest absolute Gasteiger partial charge is 0.265 e. The summed E-state index contributed by atoms with van der Waals surface area (Å²) in [6.45, 7) is 0.726. The number of anilines is 1. The first-order valence-corrected chi connectivity index (χ1v) is 7.37. The van der Waals surface area contributed by atoms with Crippen LogP contribution in [0.15, 0.2) is 35.2 Å². The molecule has 1 heterocycles. The molecule has 0 spiro atoms. The van der Waals surface area contributed by atoms with Crippen LogP contribution in [0, 0.1) is 18.6 Å². The number of nitrogens with zero attached hydrogens (tertiary/aromatic N) is 1. The fourth-order valence-electron chi connectivity index (χ4n) is 1.72. The molecule has 8 heteroatoms. The molecule has 1 aromatic heterocycles. The van der Waals surface area contributed by atoms with Crippen molar-refractivity contribution < 1.29 is 22.3 Å². The molecular weight excluding hydrogens is 302 g/mol. The minimum absolute atomic E-state index is 0.0178. The average molecular weight is 314 g/mol. The van der Waals surface area contributed by atoms with E-state index in [4.69, 9.17) is 5.11 Å². The Hall–Kier alpha value is -2.06. The van der Waals surface area contributed by atoms with Crippen LogP contribution in [0.3, 0.4) is 0 Å². The number of aliphatic hydroxyl groups excluding tert-OH is 1. The first-order chi connectivity index (χ1) is 9.85. The van der Waals surface area contributed by atoms with Crippen LogP contribution in [0.4, 0.5) is 14.6 Å². The summed E-state index contributed by atoms with van der Waals surface area (Å²) in [4.78, 5) is 3.18. The van der Waals surface area contributed by atoms with Gasteiger partial charge in [0.1, 0.15) is 16.5 Å². The number of hydrogen-bond donors (Lipinski definition) is 2. The van der Waals surface area contributed by atoms with E-state index in [0.717, 1.165) is 12.1 Å². The van der Waals surface area contributed by atoms with Crippen LogP contribution in [-0.4, -0.2) is 18.5 Å². The van der Waals surface area contributed by atoms with Crippen LogP contribution in [0.2, 0.25) is 0 Å². The molecule has 0 aliphatic heterocycles. The molecule has 0 atom stereocenters. The Morgan fingerprint density at radius 2 is 1.95 bits per heavy atom. The summed E-state index contributed by atoms with van der Waals surface area (Å²) in [6, 6.07) is 6.23. The van der Waals surface area contributed by atoms with Crippen LogP contribution in [0.1, 0.15) is 11.3 Å². The minimum Gasteiger partial charge on any atom is -0.391 e. The van der Waals surface area contributed by atoms with E-state index < -0.39 is 38.7 Å². The molecule has 2 rings (SSSR count). The number of sulfonamides is 1. The fraction of sp³-hybridized carbons (Fsp3) is 0.154. The van der Waals surface area contributed by atoms with Crippen LogP contribution in [-0.2, 0) is 16.6 Å². The lowest BCUT2D eigenvalue weighted by Gasteiger charge is -2.10. The highest BCUT2D eigenvalue weighted by Crippen LogP contribution is 2.23. The molecule has 0 saturated heterocycles. The topological polar surface area (TPSA) is 79.3 Å². The molecule has 0 bridgehead atoms. The van der Waals surface area contributed by atoms with Crippen molar-refractivity contribution in [1.29, 1.82) is 0 Å². The van der Waals surface area contributed by atoms with Crippen molar-refractivity contribution in [2.45, 2.75) is 18.4 Å². The third-order valence-corrected chi connectivity index (χ3v) is 4.10. The van der Waals surface area contributed by atoms with Crippen molar-refractivity contribution in [2.24, 2.45) is 0 Å². The normalized spacial score (nSPS) is 11.4. The van der Waals surface area contributed by atoms with Gasteiger partial charge in [-0.05, 0) is 31.2 Å². The molecule has 2 aromatic rings. The average Bonchev–Trinajstić information content (AvgIpc) is 2.38. The zero-order chi connectivity index (χ0) is 15.6. The molecule has 0 aliphatic carbocycles. The zero-order valence-electron chi connectivity index (χ0n) is 11.0. The summed E-state index contributed by atoms with van der Waals surface area (Å²) < 4.78 is 53.6. The molecule has 112 valence electrons. The van der Waals surface area contributed by atoms with E-state index in [1.165, 1.54) is 6.07 Å². The molecule has 1 aromatic carbocycles. The number of pyridine rings is 1. The predicted octanol–water partition coefficient (Wildman–Crippen LogP) is 1.96. The standard InChI is InChI=1S/C13H12F2N2O3S/c1-8-3-2-4-12(16-8)17-21(19,20)11-6-5-10(14)9(7-18)13(11)15/h2-6,18H,7H2,1H3,(H,16,17). The van der Waals surface area contributed by atoms with E-state index in [9.17, 15) is 17.2 Å². The van der Waals surface area contributed by atoms with E-state index in [-0.39, 0.29) is 5.82 Å². The van der Waals surface area contributed by atoms with E-state index in [1.807, 2.05) is 0 Å². The number of aryl methyl sites for hydroxylation is 1. The van der Waals surface area contributed by atoms with Crippen LogP contribution < -0.4 is 4.72 Å². The third-order valence-electron chi connectivity index (χ3n) is 2.73. The summed E-state index contributed by atoms with van der Waals surface area (Å²) in [5, 5.41) is 8.91. The van der Waals surface area contributed by atoms with E-state index in [0.29, 0.717) is 5.69 Å². The number of benzene rings is 1. The largest absolute Gasteiger partial charge is 0.391 e. The van der Waals surface area contributed by atoms with Gasteiger partial charge in [-0.3, -0.25) is 4.72 Å². The number of rotatable bonds is 4. The Kier molecular flexibility index (Phi) is 4.19. The number of aromatic nitrogens is 1. The number of hydrogen-bond acceptors (Lipinski definition) is 4. The first kappa shape index (κ1) is 15.3. The molecule has 0 aliphatic rings. The maximum atomic E-state index is 14.0. The third kappa shape index (κ3) is 3.17. The Balaban J connectivity index is 2.45. The second kappa shape index (κ2) is 5.74. The maximum Gasteiger partial charge on any atom is 0.265 e. The van der Waals surface area contributed by atoms with Gasteiger partial charge < -0.3 is 5.11 Å². The highest BCUT2D eigenvalue weighted by atomic mass is 32.2. The highest BCUT2D eigenvalue weighted by Gasteiger charge is 2.23. The molecule has 0 radical (unpaired) electrons. The van der Waals surface area contributed by atoms with Gasteiger partial charge >= 0.3 is 0 Å². The van der Waals surface area contributed by atoms with Gasteiger partial charge in [0.15, 0.2) is 5.82 Å². The Morgan fingerprint density at radius 3 is 2.57 bits per heavy atom. The van der Waals surface area contributed by atoms with Gasteiger partial charge in [-0.25, -0.2) is 22.2 Å². The van der Waals surface area contributed by atoms with Crippen molar-refractivity contribution in [3.8, 4) is 0 Å². The van der Waals surface area contributed by atoms with Crippen molar-refractivity contribution in [3.05, 3.63) is 53.2 Å². The molecule has 0 fully saturated rings. The lowest BCUT2D eigenvalue weighted by Crippen LogP contribution is -2.17. The lowest BCUT2D eigenvalue weighted by atomic mass is 10.2. The molecule has 0 amide bonds. The number of halogens is 2. The van der Waals surface area contributed by atoms with E-state index >= 15 is 0 Å². The van der Waals surface area contributed by atoms with Crippen molar-refractivity contribution in [2.75, 3.05) is 4.72 Å². The highest BCUT2D eigenvalue weighted by molar-refractivity contribution is 7.92. The summed E-state index contributed by atoms with van der Waals surface area (Å²) in [7, 11) is -4.28. The van der Waals surface area contributed by atoms with Gasteiger partial charge in [-0.2, -0.15) is 0 Å². The monoisotopic (exact) mass is 314 g/mol. The quantitative estimate of drug-likeness (QED) is 0.904. The summed E-state index contributed by atoms with van der Waals surface area (Å²) >= 11 is 0. The second-order valence-electron chi connectivity index (χ2n) is 4.27. The van der Waals surface area contributed by atoms with E-state index in [1.54, 1.807) is 19.1 Å². The fourth-order valence-corrected chi connectivity index (χ4v) is 2.83. The Bertz CT molecular complexity index is 779. The summed E-state index contributed by atoms with van der Waals surface area (Å²) in [5.41, 5.74) is -0.124. The van der Waals surface area contributed by atoms with Crippen molar-refractivity contribution >= 4 is 15.8 Å². The SMILES string of the molecule is Cc1cccc(NS(=O)(=O)c2ccc(F)c(CO)c2F)n1. The van der Waals surface area contributed by atoms with Gasteiger partial charge in [-0.15, -0.1) is 0 Å². The van der Waals surface area contributed by atoms with Gasteiger partial charge in [0.05, 0.1) is 12.2 Å². The summed E-state index contributed by atoms with van der Waals surface area (Å²) in [5.74, 6) is -2.32. The lowest BCUT2D eigenvalue weighted by molar-refractivity contribution is 0.267. The first-order valence-electron chi connectivity index (χ1n) is 5.89. The van der Waals surface area contributed by atoms with Gasteiger partial charge in [0.25, 0.3) is 10.0 Å². The van der Waals surface area contributed by atoms with E-state index in [2.05, 4.69) is 9.71 Å². The minimum atomic E-state index is -4.28. The van der Waals surface area contributed by atoms with Gasteiger partial charge in [0, 0.05) is 5.69 Å². The Labute approximate surface area is 120 Å². The number of nitrogens with one attached hydrogen (secondary N) is 1. The van der Waals surface area contributed by atoms with Crippen molar-refractivity contribution in [1.82, 2.24) is 4.98 Å². The van der Waals surface area contributed by atoms with Crippen LogP contribution >= 0.6 is 0 Å². The summed E-state index contributed by atoms with van der Waals surface area (Å²) in [6.07, 6.45) is 0. The zero-order valence-corrected chi connectivity index (χ0v) is 11.8. The van der Waals surface area contributed by atoms with Gasteiger partial charge in [-0.1, -0.05) is 6.07 Å². The second-order valence-corrected chi connectivity index (χ2v) is 5.92. The maximum absolute atomic E-state index is 14.0. The molecular formula is C13H12F2N2O3S. The van der Waals surface area contributed by atoms with Gasteiger partial charge in [0.2, 0.25) is 0 Å². The molecule has 5 nitrogen and oxygen atoms in total. The molecule has 21 heavy (non-hydrogen) atoms. The Morgan fingerprint density at radius 1 is 1.24 bits per heavy atom. The van der Waals surface area contributed by atoms with Crippen molar-refractivity contribution in [3.63, 3.8) is 0 Å². The predicted molar refractivity (Wildman–Crippen MR) is 72.1 cm³/mol. The molecule has 0 unspecified atom stereocenters. The number of aliphatic hydroxyl groups is 1. The molecule has 2 N–H and O–H groups in total. The molecule has 0 saturated carbocycles. The van der Waals surface area contributed by atoms with Crippen LogP contribution in [0.25, 0.3) is 0 Å².